The van der Waals surface area contributed by atoms with E-state index >= 15 is 0 Å². The van der Waals surface area contributed by atoms with Crippen LogP contribution < -0.4 is 5.32 Å². The highest BCUT2D eigenvalue weighted by Crippen LogP contribution is 2.27. The van der Waals surface area contributed by atoms with E-state index in [1.165, 1.54) is 0 Å². The fourth-order valence-corrected chi connectivity index (χ4v) is 2.36. The largest absolute Gasteiger partial charge is 0.308 e. The molecular weight excluding hydrogens is 228 g/mol. The molecule has 1 heterocycles. The summed E-state index contributed by atoms with van der Waals surface area (Å²) in [5, 5.41) is 6.02. The van der Waals surface area contributed by atoms with Crippen molar-refractivity contribution in [1.29, 1.82) is 0 Å². The maximum atomic E-state index is 6.15. The van der Waals surface area contributed by atoms with Gasteiger partial charge < -0.3 is 5.32 Å². The highest BCUT2D eigenvalue weighted by Gasteiger charge is 2.15. The molecule has 1 aromatic heterocycles. The van der Waals surface area contributed by atoms with Crippen molar-refractivity contribution in [3.05, 3.63) is 51.4 Å². The molecule has 0 bridgehead atoms. The van der Waals surface area contributed by atoms with Gasteiger partial charge in [-0.2, -0.15) is 0 Å². The van der Waals surface area contributed by atoms with E-state index < -0.39 is 0 Å². The SMILES string of the molecule is CNC(c1cscn1)c1ccccc1Cl. The molecule has 0 spiro atoms. The third kappa shape index (κ3) is 2.20. The highest BCUT2D eigenvalue weighted by atomic mass is 35.5. The molecule has 1 atom stereocenters. The minimum atomic E-state index is 0.0740. The Morgan fingerprint density at radius 1 is 1.40 bits per heavy atom. The molecule has 0 amide bonds. The van der Waals surface area contributed by atoms with Crippen LogP contribution in [0.15, 0.2) is 35.2 Å². The van der Waals surface area contributed by atoms with E-state index in [0.29, 0.717) is 0 Å². The molecule has 2 aromatic rings. The molecule has 15 heavy (non-hydrogen) atoms. The summed E-state index contributed by atoms with van der Waals surface area (Å²) in [7, 11) is 1.91. The van der Waals surface area contributed by atoms with E-state index in [0.717, 1.165) is 16.3 Å². The number of hydrogen-bond donors (Lipinski definition) is 1. The summed E-state index contributed by atoms with van der Waals surface area (Å²) >= 11 is 7.74. The van der Waals surface area contributed by atoms with Crippen molar-refractivity contribution in [3.8, 4) is 0 Å². The van der Waals surface area contributed by atoms with Crippen LogP contribution in [0.3, 0.4) is 0 Å². The second-order valence-corrected chi connectivity index (χ2v) is 4.28. The van der Waals surface area contributed by atoms with Crippen molar-refractivity contribution in [1.82, 2.24) is 10.3 Å². The van der Waals surface area contributed by atoms with Gasteiger partial charge >= 0.3 is 0 Å². The zero-order valence-corrected chi connectivity index (χ0v) is 9.85. The molecule has 4 heteroatoms. The average molecular weight is 239 g/mol. The first-order valence-corrected chi connectivity index (χ1v) is 5.95. The van der Waals surface area contributed by atoms with Gasteiger partial charge in [0.15, 0.2) is 0 Å². The quantitative estimate of drug-likeness (QED) is 0.889. The smallest absolute Gasteiger partial charge is 0.0795 e. The molecule has 1 N–H and O–H groups in total. The van der Waals surface area contributed by atoms with Gasteiger partial charge in [0.1, 0.15) is 0 Å². The van der Waals surface area contributed by atoms with E-state index in [1.54, 1.807) is 11.3 Å². The van der Waals surface area contributed by atoms with E-state index in [9.17, 15) is 0 Å². The lowest BCUT2D eigenvalue weighted by atomic mass is 10.0. The minimum absolute atomic E-state index is 0.0740. The second-order valence-electron chi connectivity index (χ2n) is 3.16. The van der Waals surface area contributed by atoms with E-state index in [2.05, 4.69) is 10.3 Å². The topological polar surface area (TPSA) is 24.9 Å². The van der Waals surface area contributed by atoms with Gasteiger partial charge in [-0.1, -0.05) is 29.8 Å². The van der Waals surface area contributed by atoms with Crippen LogP contribution in [0.1, 0.15) is 17.3 Å². The van der Waals surface area contributed by atoms with Gasteiger partial charge in [-0.3, -0.25) is 0 Å². The molecule has 1 aromatic carbocycles. The number of nitrogens with zero attached hydrogens (tertiary/aromatic N) is 1. The Bertz CT molecular complexity index is 428. The third-order valence-electron chi connectivity index (χ3n) is 2.25. The molecule has 2 nitrogen and oxygen atoms in total. The lowest BCUT2D eigenvalue weighted by Gasteiger charge is -2.15. The predicted octanol–water partition coefficient (Wildman–Crippen LogP) is 3.11. The van der Waals surface area contributed by atoms with Crippen molar-refractivity contribution in [2.75, 3.05) is 7.05 Å². The number of nitrogens with one attached hydrogen (secondary N) is 1. The molecule has 0 aliphatic carbocycles. The van der Waals surface area contributed by atoms with Crippen LogP contribution in [-0.4, -0.2) is 12.0 Å². The van der Waals surface area contributed by atoms with Crippen LogP contribution in [-0.2, 0) is 0 Å². The first-order chi connectivity index (χ1) is 7.33. The Morgan fingerprint density at radius 3 is 2.80 bits per heavy atom. The summed E-state index contributed by atoms with van der Waals surface area (Å²) in [4.78, 5) is 4.30. The van der Waals surface area contributed by atoms with E-state index in [4.69, 9.17) is 11.6 Å². The van der Waals surface area contributed by atoms with Crippen molar-refractivity contribution in [3.63, 3.8) is 0 Å². The molecule has 0 aliphatic rings. The van der Waals surface area contributed by atoms with E-state index in [1.807, 2.05) is 42.2 Å². The second kappa shape index (κ2) is 4.75. The van der Waals surface area contributed by atoms with Crippen molar-refractivity contribution >= 4 is 22.9 Å². The Balaban J connectivity index is 2.40. The monoisotopic (exact) mass is 238 g/mol. The molecule has 0 aliphatic heterocycles. The van der Waals surface area contributed by atoms with Crippen LogP contribution in [0.5, 0.6) is 0 Å². The molecule has 1 unspecified atom stereocenters. The highest BCUT2D eigenvalue weighted by molar-refractivity contribution is 7.07. The van der Waals surface area contributed by atoms with Crippen molar-refractivity contribution in [2.45, 2.75) is 6.04 Å². The van der Waals surface area contributed by atoms with Gasteiger partial charge in [-0.15, -0.1) is 11.3 Å². The summed E-state index contributed by atoms with van der Waals surface area (Å²) in [6.45, 7) is 0. The number of aromatic nitrogens is 1. The molecule has 0 fully saturated rings. The van der Waals surface area contributed by atoms with Gasteiger partial charge in [0, 0.05) is 10.4 Å². The van der Waals surface area contributed by atoms with Crippen LogP contribution in [0, 0.1) is 0 Å². The maximum absolute atomic E-state index is 6.15. The molecule has 78 valence electrons. The molecular formula is C11H11ClN2S. The minimum Gasteiger partial charge on any atom is -0.308 e. The molecule has 0 saturated heterocycles. The summed E-state index contributed by atoms with van der Waals surface area (Å²) in [6.07, 6.45) is 0. The lowest BCUT2D eigenvalue weighted by Crippen LogP contribution is -2.18. The number of rotatable bonds is 3. The molecule has 0 radical (unpaired) electrons. The zero-order valence-electron chi connectivity index (χ0n) is 8.27. The number of hydrogen-bond acceptors (Lipinski definition) is 3. The maximum Gasteiger partial charge on any atom is 0.0795 e. The van der Waals surface area contributed by atoms with Crippen molar-refractivity contribution < 1.29 is 0 Å². The Hall–Kier alpha value is -0.900. The predicted molar refractivity (Wildman–Crippen MR) is 64.5 cm³/mol. The first-order valence-electron chi connectivity index (χ1n) is 4.62. The standard InChI is InChI=1S/C11H11ClN2S/c1-13-11(10-6-15-7-14-10)8-4-2-3-5-9(8)12/h2-7,11,13H,1H3. The van der Waals surface area contributed by atoms with Gasteiger partial charge in [-0.25, -0.2) is 4.98 Å². The van der Waals surface area contributed by atoms with Gasteiger partial charge in [0.25, 0.3) is 0 Å². The summed E-state index contributed by atoms with van der Waals surface area (Å²) in [5.74, 6) is 0. The van der Waals surface area contributed by atoms with Crippen LogP contribution >= 0.6 is 22.9 Å². The van der Waals surface area contributed by atoms with Gasteiger partial charge in [0.2, 0.25) is 0 Å². The lowest BCUT2D eigenvalue weighted by molar-refractivity contribution is 0.675. The van der Waals surface area contributed by atoms with E-state index in [-0.39, 0.29) is 6.04 Å². The average Bonchev–Trinajstić information content (AvgIpc) is 2.75. The molecule has 0 saturated carbocycles. The van der Waals surface area contributed by atoms with Crippen LogP contribution in [0.4, 0.5) is 0 Å². The molecule has 2 rings (SSSR count). The number of benzene rings is 1. The zero-order chi connectivity index (χ0) is 10.7. The summed E-state index contributed by atoms with van der Waals surface area (Å²) in [5.41, 5.74) is 3.90. The normalized spacial score (nSPS) is 12.7. The Morgan fingerprint density at radius 2 is 2.20 bits per heavy atom. The summed E-state index contributed by atoms with van der Waals surface area (Å²) < 4.78 is 0. The first kappa shape index (κ1) is 10.6. The van der Waals surface area contributed by atoms with Crippen molar-refractivity contribution in [2.24, 2.45) is 0 Å². The Kier molecular flexibility index (Phi) is 3.36. The van der Waals surface area contributed by atoms with Gasteiger partial charge in [0.05, 0.1) is 17.2 Å². The fraction of sp³-hybridized carbons (Fsp3) is 0.182. The summed E-state index contributed by atoms with van der Waals surface area (Å²) in [6, 6.07) is 7.90. The van der Waals surface area contributed by atoms with Crippen LogP contribution in [0.2, 0.25) is 5.02 Å². The number of halogens is 1. The number of thiazole rings is 1. The Labute approximate surface area is 97.9 Å². The van der Waals surface area contributed by atoms with Gasteiger partial charge in [-0.05, 0) is 18.7 Å². The third-order valence-corrected chi connectivity index (χ3v) is 3.20. The fourth-order valence-electron chi connectivity index (χ4n) is 1.54. The van der Waals surface area contributed by atoms with Crippen LogP contribution in [0.25, 0.3) is 0 Å².